The fourth-order valence-corrected chi connectivity index (χ4v) is 3.76. The lowest BCUT2D eigenvalue weighted by Crippen LogP contribution is -2.27. The summed E-state index contributed by atoms with van der Waals surface area (Å²) in [5.41, 5.74) is 2.57. The van der Waals surface area contributed by atoms with E-state index in [1.807, 2.05) is 19.1 Å². The molecule has 2 heterocycles. The van der Waals surface area contributed by atoms with Crippen molar-refractivity contribution in [2.24, 2.45) is 0 Å². The lowest BCUT2D eigenvalue weighted by atomic mass is 10.1. The first-order valence-electron chi connectivity index (χ1n) is 9.72. The molecule has 2 amide bonds. The smallest absolute Gasteiger partial charge is 0.276 e. The molecular formula is C22H22N4O3. The van der Waals surface area contributed by atoms with Crippen LogP contribution in [0.4, 0.5) is 11.4 Å². The third-order valence-electron chi connectivity index (χ3n) is 5.13. The molecule has 4 rings (SSSR count). The molecule has 0 radical (unpaired) electrons. The second kappa shape index (κ2) is 7.50. The molecule has 0 saturated heterocycles. The summed E-state index contributed by atoms with van der Waals surface area (Å²) in [5, 5.41) is 8.24. The number of amides is 2. The Morgan fingerprint density at radius 3 is 2.62 bits per heavy atom. The maximum Gasteiger partial charge on any atom is 0.276 e. The summed E-state index contributed by atoms with van der Waals surface area (Å²) in [5.74, 6) is -0.359. The molecule has 1 N–H and O–H groups in total. The number of carbonyl (C=O) groups excluding carboxylic acids is 2. The van der Waals surface area contributed by atoms with E-state index in [-0.39, 0.29) is 23.1 Å². The van der Waals surface area contributed by atoms with Crippen molar-refractivity contribution in [3.63, 3.8) is 0 Å². The number of hydrogen-bond acceptors (Lipinski definition) is 4. The largest absolute Gasteiger partial charge is 0.321 e. The second-order valence-corrected chi connectivity index (χ2v) is 7.14. The van der Waals surface area contributed by atoms with Crippen LogP contribution in [0.3, 0.4) is 0 Å². The zero-order valence-electron chi connectivity index (χ0n) is 16.4. The van der Waals surface area contributed by atoms with Crippen molar-refractivity contribution in [3.05, 3.63) is 64.1 Å². The number of fused-ring (bicyclic) bond motifs is 2. The van der Waals surface area contributed by atoms with Crippen molar-refractivity contribution < 1.29 is 9.59 Å². The van der Waals surface area contributed by atoms with Gasteiger partial charge in [-0.15, -0.1) is 0 Å². The van der Waals surface area contributed by atoms with E-state index in [9.17, 15) is 14.4 Å². The number of nitrogens with zero attached hydrogens (tertiary/aromatic N) is 3. The molecule has 1 aromatic heterocycles. The molecule has 0 aliphatic carbocycles. The number of aromatic nitrogens is 2. The summed E-state index contributed by atoms with van der Waals surface area (Å²) in [7, 11) is 0. The third kappa shape index (κ3) is 3.40. The number of rotatable bonds is 4. The third-order valence-corrected chi connectivity index (χ3v) is 5.13. The SMILES string of the molecule is CCCn1nc(C(=O)Nc2ccc3c(c2)CCN3C(C)=O)c2ccccc2c1=O. The van der Waals surface area contributed by atoms with Crippen LogP contribution >= 0.6 is 0 Å². The molecule has 7 nitrogen and oxygen atoms in total. The molecule has 29 heavy (non-hydrogen) atoms. The van der Waals surface area contributed by atoms with Gasteiger partial charge in [0.2, 0.25) is 5.91 Å². The van der Waals surface area contributed by atoms with Gasteiger partial charge in [-0.3, -0.25) is 14.4 Å². The van der Waals surface area contributed by atoms with Crippen LogP contribution in [-0.2, 0) is 17.8 Å². The molecule has 0 saturated carbocycles. The van der Waals surface area contributed by atoms with E-state index in [0.29, 0.717) is 29.5 Å². The minimum atomic E-state index is -0.368. The van der Waals surface area contributed by atoms with E-state index >= 15 is 0 Å². The van der Waals surface area contributed by atoms with Crippen LogP contribution in [0.25, 0.3) is 10.8 Å². The van der Waals surface area contributed by atoms with Crippen LogP contribution in [0.15, 0.2) is 47.3 Å². The maximum atomic E-state index is 13.0. The number of hydrogen-bond donors (Lipinski definition) is 1. The van der Waals surface area contributed by atoms with Gasteiger partial charge < -0.3 is 10.2 Å². The van der Waals surface area contributed by atoms with Crippen LogP contribution in [0.1, 0.15) is 36.3 Å². The van der Waals surface area contributed by atoms with Gasteiger partial charge in [0, 0.05) is 36.8 Å². The Balaban J connectivity index is 1.69. The Morgan fingerprint density at radius 1 is 1.14 bits per heavy atom. The first-order valence-corrected chi connectivity index (χ1v) is 9.72. The van der Waals surface area contributed by atoms with Crippen molar-refractivity contribution in [2.45, 2.75) is 33.2 Å². The standard InChI is InChI=1S/C22H22N4O3/c1-3-11-26-22(29)18-7-5-4-6-17(18)20(24-26)21(28)23-16-8-9-19-15(13-16)10-12-25(19)14(2)27/h4-9,13H,3,10-12H2,1-2H3,(H,23,28). The lowest BCUT2D eigenvalue weighted by molar-refractivity contribution is -0.116. The van der Waals surface area contributed by atoms with Crippen LogP contribution in [0, 0.1) is 0 Å². The van der Waals surface area contributed by atoms with Gasteiger partial charge in [-0.25, -0.2) is 4.68 Å². The highest BCUT2D eigenvalue weighted by molar-refractivity contribution is 6.11. The Bertz CT molecular complexity index is 1180. The van der Waals surface area contributed by atoms with Gasteiger partial charge in [0.05, 0.1) is 5.39 Å². The van der Waals surface area contributed by atoms with E-state index in [0.717, 1.165) is 24.1 Å². The number of anilines is 2. The second-order valence-electron chi connectivity index (χ2n) is 7.14. The van der Waals surface area contributed by atoms with Crippen LogP contribution < -0.4 is 15.8 Å². The summed E-state index contributed by atoms with van der Waals surface area (Å²) in [6.07, 6.45) is 1.49. The van der Waals surface area contributed by atoms with Gasteiger partial charge in [-0.2, -0.15) is 5.10 Å². The molecule has 148 valence electrons. The van der Waals surface area contributed by atoms with E-state index in [1.165, 1.54) is 4.68 Å². The number of aryl methyl sites for hydroxylation is 1. The summed E-state index contributed by atoms with van der Waals surface area (Å²) in [4.78, 5) is 39.1. The summed E-state index contributed by atoms with van der Waals surface area (Å²) in [6, 6.07) is 12.5. The van der Waals surface area contributed by atoms with E-state index in [2.05, 4.69) is 10.4 Å². The minimum absolute atomic E-state index is 0.00869. The van der Waals surface area contributed by atoms with Crippen LogP contribution in [0.2, 0.25) is 0 Å². The molecular weight excluding hydrogens is 368 g/mol. The van der Waals surface area contributed by atoms with Crippen LogP contribution in [-0.4, -0.2) is 28.1 Å². The highest BCUT2D eigenvalue weighted by Crippen LogP contribution is 2.30. The number of benzene rings is 2. The van der Waals surface area contributed by atoms with Crippen molar-refractivity contribution >= 4 is 34.0 Å². The first-order chi connectivity index (χ1) is 14.0. The summed E-state index contributed by atoms with van der Waals surface area (Å²) >= 11 is 0. The van der Waals surface area contributed by atoms with Crippen molar-refractivity contribution in [3.8, 4) is 0 Å². The van der Waals surface area contributed by atoms with Crippen molar-refractivity contribution in [1.29, 1.82) is 0 Å². The highest BCUT2D eigenvalue weighted by Gasteiger charge is 2.23. The number of carbonyl (C=O) groups is 2. The van der Waals surface area contributed by atoms with Crippen LogP contribution in [0.5, 0.6) is 0 Å². The molecule has 0 atom stereocenters. The Morgan fingerprint density at radius 2 is 1.90 bits per heavy atom. The molecule has 1 aliphatic rings. The molecule has 0 bridgehead atoms. The zero-order chi connectivity index (χ0) is 20.5. The minimum Gasteiger partial charge on any atom is -0.321 e. The Labute approximate surface area is 167 Å². The Kier molecular flexibility index (Phi) is 4.88. The van der Waals surface area contributed by atoms with Gasteiger partial charge in [0.1, 0.15) is 0 Å². The molecule has 0 fully saturated rings. The highest BCUT2D eigenvalue weighted by atomic mass is 16.2. The predicted molar refractivity (Wildman–Crippen MR) is 112 cm³/mol. The van der Waals surface area contributed by atoms with Gasteiger partial charge in [0.15, 0.2) is 5.69 Å². The molecule has 1 aliphatic heterocycles. The molecule has 7 heteroatoms. The van der Waals surface area contributed by atoms with Gasteiger partial charge >= 0.3 is 0 Å². The predicted octanol–water partition coefficient (Wildman–Crippen LogP) is 2.97. The fraction of sp³-hybridized carbons (Fsp3) is 0.273. The Hall–Kier alpha value is -3.48. The van der Waals surface area contributed by atoms with Gasteiger partial charge in [-0.1, -0.05) is 25.1 Å². The van der Waals surface area contributed by atoms with E-state index in [4.69, 9.17) is 0 Å². The number of nitrogens with one attached hydrogen (secondary N) is 1. The molecule has 0 unspecified atom stereocenters. The summed E-state index contributed by atoms with van der Waals surface area (Å²) < 4.78 is 1.35. The van der Waals surface area contributed by atoms with Crippen molar-refractivity contribution in [1.82, 2.24) is 9.78 Å². The van der Waals surface area contributed by atoms with E-state index in [1.54, 1.807) is 42.2 Å². The molecule has 2 aromatic carbocycles. The topological polar surface area (TPSA) is 84.3 Å². The zero-order valence-corrected chi connectivity index (χ0v) is 16.4. The average molecular weight is 390 g/mol. The van der Waals surface area contributed by atoms with E-state index < -0.39 is 0 Å². The van der Waals surface area contributed by atoms with Gasteiger partial charge in [-0.05, 0) is 42.7 Å². The van der Waals surface area contributed by atoms with Crippen molar-refractivity contribution in [2.75, 3.05) is 16.8 Å². The normalized spacial score (nSPS) is 12.8. The molecule has 3 aromatic rings. The fourth-order valence-electron chi connectivity index (χ4n) is 3.76. The first kappa shape index (κ1) is 18.9. The maximum absolute atomic E-state index is 13.0. The summed E-state index contributed by atoms with van der Waals surface area (Å²) in [6.45, 7) is 4.60. The average Bonchev–Trinajstić information content (AvgIpc) is 3.14. The van der Waals surface area contributed by atoms with Gasteiger partial charge in [0.25, 0.3) is 11.5 Å². The lowest BCUT2D eigenvalue weighted by Gasteiger charge is -2.15. The monoisotopic (exact) mass is 390 g/mol. The quantitative estimate of drug-likeness (QED) is 0.742. The molecule has 0 spiro atoms.